The zero-order valence-electron chi connectivity index (χ0n) is 6.05. The van der Waals surface area contributed by atoms with E-state index in [1.54, 1.807) is 6.07 Å². The Bertz CT molecular complexity index is 283. The van der Waals surface area contributed by atoms with Gasteiger partial charge in [-0.2, -0.15) is 0 Å². The first-order valence-electron chi connectivity index (χ1n) is 3.74. The molecule has 1 nitrogen and oxygen atoms in total. The molecular formula is C9H9FO. The maximum Gasteiger partial charge on any atom is 0.123 e. The molecular weight excluding hydrogens is 143 g/mol. The van der Waals surface area contributed by atoms with E-state index in [1.807, 2.05) is 0 Å². The Morgan fingerprint density at radius 2 is 2.27 bits per heavy atom. The second kappa shape index (κ2) is 2.31. The van der Waals surface area contributed by atoms with Crippen molar-refractivity contribution in [3.05, 3.63) is 35.1 Å². The number of rotatable bonds is 0. The molecule has 0 bridgehead atoms. The van der Waals surface area contributed by atoms with Crippen LogP contribution in [0.25, 0.3) is 0 Å². The van der Waals surface area contributed by atoms with Crippen LogP contribution in [0.3, 0.4) is 0 Å². The lowest BCUT2D eigenvalue weighted by Crippen LogP contribution is -1.90. The van der Waals surface area contributed by atoms with Crippen molar-refractivity contribution in [1.82, 2.24) is 0 Å². The van der Waals surface area contributed by atoms with Gasteiger partial charge in [-0.25, -0.2) is 4.39 Å². The van der Waals surface area contributed by atoms with Crippen LogP contribution in [0.2, 0.25) is 0 Å². The van der Waals surface area contributed by atoms with Crippen molar-refractivity contribution < 1.29 is 9.50 Å². The van der Waals surface area contributed by atoms with E-state index in [9.17, 15) is 9.50 Å². The summed E-state index contributed by atoms with van der Waals surface area (Å²) in [5.41, 5.74) is 1.85. The summed E-state index contributed by atoms with van der Waals surface area (Å²) in [5.74, 6) is -0.260. The zero-order chi connectivity index (χ0) is 7.84. The number of hydrogen-bond acceptors (Lipinski definition) is 1. The largest absolute Gasteiger partial charge is 0.388 e. The fraction of sp³-hybridized carbons (Fsp3) is 0.333. The van der Waals surface area contributed by atoms with E-state index in [4.69, 9.17) is 0 Å². The van der Waals surface area contributed by atoms with Crippen molar-refractivity contribution in [3.8, 4) is 0 Å². The molecule has 0 radical (unpaired) electrons. The van der Waals surface area contributed by atoms with Crippen molar-refractivity contribution in [3.63, 3.8) is 0 Å². The fourth-order valence-corrected chi connectivity index (χ4v) is 1.55. The molecule has 0 aliphatic heterocycles. The minimum absolute atomic E-state index is 0.260. The molecule has 1 aliphatic rings. The predicted octanol–water partition coefficient (Wildman–Crippen LogP) is 1.81. The lowest BCUT2D eigenvalue weighted by atomic mass is 10.1. The van der Waals surface area contributed by atoms with Gasteiger partial charge in [0.05, 0.1) is 6.10 Å². The van der Waals surface area contributed by atoms with Crippen LogP contribution in [-0.2, 0) is 6.42 Å². The maximum absolute atomic E-state index is 12.6. The highest BCUT2D eigenvalue weighted by molar-refractivity contribution is 5.33. The molecule has 0 fully saturated rings. The van der Waals surface area contributed by atoms with Crippen LogP contribution in [0.1, 0.15) is 23.7 Å². The molecule has 0 aromatic heterocycles. The molecule has 11 heavy (non-hydrogen) atoms. The third-order valence-electron chi connectivity index (χ3n) is 2.15. The van der Waals surface area contributed by atoms with Crippen LogP contribution < -0.4 is 0 Å². The van der Waals surface area contributed by atoms with Gasteiger partial charge in [-0.1, -0.05) is 6.07 Å². The minimum Gasteiger partial charge on any atom is -0.388 e. The monoisotopic (exact) mass is 152 g/mol. The summed E-state index contributed by atoms with van der Waals surface area (Å²) in [4.78, 5) is 0. The van der Waals surface area contributed by atoms with E-state index >= 15 is 0 Å². The summed E-state index contributed by atoms with van der Waals surface area (Å²) in [5, 5.41) is 9.34. The average molecular weight is 152 g/mol. The summed E-state index contributed by atoms with van der Waals surface area (Å²) in [7, 11) is 0. The topological polar surface area (TPSA) is 20.2 Å². The zero-order valence-corrected chi connectivity index (χ0v) is 6.05. The average Bonchev–Trinajstić information content (AvgIpc) is 2.33. The Labute approximate surface area is 64.5 Å². The van der Waals surface area contributed by atoms with E-state index in [2.05, 4.69) is 0 Å². The summed E-state index contributed by atoms with van der Waals surface area (Å²) >= 11 is 0. The highest BCUT2D eigenvalue weighted by Gasteiger charge is 2.19. The van der Waals surface area contributed by atoms with Gasteiger partial charge < -0.3 is 5.11 Å². The fourth-order valence-electron chi connectivity index (χ4n) is 1.55. The first kappa shape index (κ1) is 6.80. The number of aliphatic hydroxyl groups is 1. The predicted molar refractivity (Wildman–Crippen MR) is 39.7 cm³/mol. The van der Waals surface area contributed by atoms with E-state index in [1.165, 1.54) is 12.1 Å². The molecule has 0 amide bonds. The normalized spacial score (nSPS) is 21.8. The van der Waals surface area contributed by atoms with E-state index in [-0.39, 0.29) is 5.82 Å². The van der Waals surface area contributed by atoms with Crippen LogP contribution in [0.5, 0.6) is 0 Å². The molecule has 2 heteroatoms. The van der Waals surface area contributed by atoms with Crippen LogP contribution >= 0.6 is 0 Å². The Morgan fingerprint density at radius 3 is 3.09 bits per heavy atom. The van der Waals surface area contributed by atoms with Gasteiger partial charge in [0.15, 0.2) is 0 Å². The first-order valence-corrected chi connectivity index (χ1v) is 3.74. The molecule has 1 atom stereocenters. The van der Waals surface area contributed by atoms with Crippen LogP contribution in [-0.4, -0.2) is 5.11 Å². The molecule has 0 heterocycles. The molecule has 1 N–H and O–H groups in total. The number of aliphatic hydroxyl groups excluding tert-OH is 1. The lowest BCUT2D eigenvalue weighted by Gasteiger charge is -2.01. The number of fused-ring (bicyclic) bond motifs is 1. The van der Waals surface area contributed by atoms with Gasteiger partial charge in [0.25, 0.3) is 0 Å². The van der Waals surface area contributed by atoms with Crippen molar-refractivity contribution >= 4 is 0 Å². The second-order valence-corrected chi connectivity index (χ2v) is 2.90. The van der Waals surface area contributed by atoms with Crippen LogP contribution in [0.15, 0.2) is 18.2 Å². The Kier molecular flexibility index (Phi) is 1.43. The van der Waals surface area contributed by atoms with Gasteiger partial charge in [0, 0.05) is 0 Å². The van der Waals surface area contributed by atoms with Gasteiger partial charge >= 0.3 is 0 Å². The van der Waals surface area contributed by atoms with E-state index < -0.39 is 6.10 Å². The summed E-state index contributed by atoms with van der Waals surface area (Å²) in [6, 6.07) is 4.62. The number of benzene rings is 1. The third-order valence-corrected chi connectivity index (χ3v) is 2.15. The molecule has 2 rings (SSSR count). The number of halogens is 1. The van der Waals surface area contributed by atoms with Crippen molar-refractivity contribution in [2.45, 2.75) is 18.9 Å². The molecule has 0 spiro atoms. The second-order valence-electron chi connectivity index (χ2n) is 2.90. The Morgan fingerprint density at radius 1 is 1.45 bits per heavy atom. The standard InChI is InChI=1S/C9H9FO/c10-7-3-1-6-2-4-9(11)8(6)5-7/h1,3,5,9,11H,2,4H2/t9-/m0/s1. The molecule has 1 aromatic rings. The first-order chi connectivity index (χ1) is 5.27. The molecule has 58 valence electrons. The summed E-state index contributed by atoms with van der Waals surface area (Å²) in [6.07, 6.45) is 1.16. The van der Waals surface area contributed by atoms with Gasteiger partial charge in [0.1, 0.15) is 5.82 Å². The van der Waals surface area contributed by atoms with Crippen molar-refractivity contribution in [2.24, 2.45) is 0 Å². The molecule has 0 unspecified atom stereocenters. The molecule has 0 saturated heterocycles. The summed E-state index contributed by atoms with van der Waals surface area (Å²) in [6.45, 7) is 0. The van der Waals surface area contributed by atoms with Crippen LogP contribution in [0, 0.1) is 5.82 Å². The lowest BCUT2D eigenvalue weighted by molar-refractivity contribution is 0.179. The maximum atomic E-state index is 12.6. The SMILES string of the molecule is O[C@H]1CCc2ccc(F)cc21. The Hall–Kier alpha value is -0.890. The Balaban J connectivity index is 2.52. The molecule has 1 aliphatic carbocycles. The van der Waals surface area contributed by atoms with E-state index in [0.717, 1.165) is 24.0 Å². The highest BCUT2D eigenvalue weighted by Crippen LogP contribution is 2.30. The van der Waals surface area contributed by atoms with E-state index in [0.29, 0.717) is 0 Å². The summed E-state index contributed by atoms with van der Waals surface area (Å²) < 4.78 is 12.6. The number of hydrogen-bond donors (Lipinski definition) is 1. The van der Waals surface area contributed by atoms with Gasteiger partial charge in [-0.05, 0) is 36.1 Å². The van der Waals surface area contributed by atoms with Crippen molar-refractivity contribution in [1.29, 1.82) is 0 Å². The van der Waals surface area contributed by atoms with Gasteiger partial charge in [-0.15, -0.1) is 0 Å². The number of aryl methyl sites for hydroxylation is 1. The quantitative estimate of drug-likeness (QED) is 0.601. The van der Waals surface area contributed by atoms with Gasteiger partial charge in [-0.3, -0.25) is 0 Å². The third kappa shape index (κ3) is 1.03. The smallest absolute Gasteiger partial charge is 0.123 e. The minimum atomic E-state index is -0.444. The van der Waals surface area contributed by atoms with Gasteiger partial charge in [0.2, 0.25) is 0 Å². The van der Waals surface area contributed by atoms with Crippen molar-refractivity contribution in [2.75, 3.05) is 0 Å². The van der Waals surface area contributed by atoms with Crippen LogP contribution in [0.4, 0.5) is 4.39 Å². The highest BCUT2D eigenvalue weighted by atomic mass is 19.1. The molecule has 1 aromatic carbocycles. The molecule has 0 saturated carbocycles.